The van der Waals surface area contributed by atoms with Gasteiger partial charge < -0.3 is 14.9 Å². The highest BCUT2D eigenvalue weighted by Crippen LogP contribution is 2.40. The van der Waals surface area contributed by atoms with Crippen LogP contribution in [0.25, 0.3) is 0 Å². The first-order chi connectivity index (χ1) is 16.8. The van der Waals surface area contributed by atoms with Crippen molar-refractivity contribution < 1.29 is 27.9 Å². The third-order valence-electron chi connectivity index (χ3n) is 8.28. The van der Waals surface area contributed by atoms with E-state index < -0.39 is 23.6 Å². The van der Waals surface area contributed by atoms with Crippen LogP contribution in [-0.2, 0) is 15.8 Å². The van der Waals surface area contributed by atoms with Gasteiger partial charge in [-0.2, -0.15) is 13.2 Å². The van der Waals surface area contributed by atoms with Crippen LogP contribution in [0.4, 0.5) is 18.9 Å². The Balaban J connectivity index is 1.45. The lowest BCUT2D eigenvalue weighted by atomic mass is 9.86. The van der Waals surface area contributed by atoms with Crippen molar-refractivity contribution in [3.63, 3.8) is 0 Å². The number of amides is 1. The van der Waals surface area contributed by atoms with Gasteiger partial charge in [-0.25, -0.2) is 0 Å². The number of carbonyl (C=O) groups excluding carboxylic acids is 1. The Morgan fingerprint density at radius 3 is 2.03 bits per heavy atom. The van der Waals surface area contributed by atoms with Gasteiger partial charge in [0, 0.05) is 44.0 Å². The molecule has 1 N–H and O–H groups in total. The highest BCUT2D eigenvalue weighted by molar-refractivity contribution is 5.79. The van der Waals surface area contributed by atoms with E-state index in [1.54, 1.807) is 6.07 Å². The average Bonchev–Trinajstić information content (AvgIpc) is 3.34. The maximum absolute atomic E-state index is 13.5. The first-order valence-corrected chi connectivity index (χ1v) is 13.1. The zero-order valence-corrected chi connectivity index (χ0v) is 21.5. The maximum Gasteiger partial charge on any atom is 0.416 e. The molecule has 200 valence electrons. The summed E-state index contributed by atoms with van der Waals surface area (Å²) in [4.78, 5) is 30.7. The molecule has 4 rings (SSSR count). The van der Waals surface area contributed by atoms with Crippen LogP contribution in [0.15, 0.2) is 18.2 Å². The molecule has 0 unspecified atom stereocenters. The molecule has 0 aliphatic carbocycles. The molecular weight excluding hydrogens is 471 g/mol. The van der Waals surface area contributed by atoms with Crippen molar-refractivity contribution in [3.8, 4) is 0 Å². The van der Waals surface area contributed by atoms with E-state index in [1.165, 1.54) is 6.07 Å². The third-order valence-corrected chi connectivity index (χ3v) is 8.28. The second-order valence-electron chi connectivity index (χ2n) is 11.6. The van der Waals surface area contributed by atoms with Crippen molar-refractivity contribution in [2.24, 2.45) is 11.8 Å². The number of halogens is 3. The number of piperidine rings is 2. The fourth-order valence-electron chi connectivity index (χ4n) is 5.95. The Labute approximate surface area is 211 Å². The van der Waals surface area contributed by atoms with Crippen molar-refractivity contribution in [1.29, 1.82) is 0 Å². The molecule has 1 aromatic rings. The molecule has 1 aromatic carbocycles. The topological polar surface area (TPSA) is 64.1 Å². The molecule has 1 atom stereocenters. The zero-order valence-electron chi connectivity index (χ0n) is 21.5. The Bertz CT molecular complexity index is 959. The number of anilines is 1. The monoisotopic (exact) mass is 509 g/mol. The minimum Gasteiger partial charge on any atom is -0.481 e. The van der Waals surface area contributed by atoms with Crippen molar-refractivity contribution >= 4 is 17.6 Å². The first-order valence-electron chi connectivity index (χ1n) is 13.1. The van der Waals surface area contributed by atoms with Gasteiger partial charge in [-0.05, 0) is 83.0 Å². The van der Waals surface area contributed by atoms with Crippen LogP contribution < -0.4 is 4.90 Å². The van der Waals surface area contributed by atoms with Gasteiger partial charge in [0.25, 0.3) is 0 Å². The molecule has 0 spiro atoms. The second kappa shape index (κ2) is 10.2. The summed E-state index contributed by atoms with van der Waals surface area (Å²) in [6, 6.07) is 3.98. The highest BCUT2D eigenvalue weighted by Gasteiger charge is 2.38. The van der Waals surface area contributed by atoms with Gasteiger partial charge in [0.05, 0.1) is 17.4 Å². The van der Waals surface area contributed by atoms with E-state index in [-0.39, 0.29) is 23.3 Å². The number of hydrogen-bond acceptors (Lipinski definition) is 4. The molecule has 3 fully saturated rings. The number of carboxylic acids is 1. The number of aliphatic carboxylic acids is 1. The van der Waals surface area contributed by atoms with Gasteiger partial charge in [-0.3, -0.25) is 14.5 Å². The summed E-state index contributed by atoms with van der Waals surface area (Å²) in [5, 5.41) is 9.30. The lowest BCUT2D eigenvalue weighted by Gasteiger charge is -2.38. The van der Waals surface area contributed by atoms with Gasteiger partial charge in [0.2, 0.25) is 5.91 Å². The second-order valence-corrected chi connectivity index (χ2v) is 11.6. The molecule has 3 heterocycles. The SMILES string of the molecule is CC(C)(C)N1CC[C@H](C(=O)N2CCC(c3ccc(C(F)(F)F)cc3N3CCC(C(=O)O)CC3)CC2)C1. The number of likely N-dealkylation sites (tertiary alicyclic amines) is 2. The molecule has 3 aliphatic heterocycles. The number of nitrogens with zero attached hydrogens (tertiary/aromatic N) is 3. The summed E-state index contributed by atoms with van der Waals surface area (Å²) in [7, 11) is 0. The van der Waals surface area contributed by atoms with Gasteiger partial charge >= 0.3 is 12.1 Å². The van der Waals surface area contributed by atoms with Crippen LogP contribution in [0.3, 0.4) is 0 Å². The van der Waals surface area contributed by atoms with Gasteiger partial charge in [0.15, 0.2) is 0 Å². The molecule has 0 radical (unpaired) electrons. The van der Waals surface area contributed by atoms with E-state index in [9.17, 15) is 27.9 Å². The third kappa shape index (κ3) is 5.82. The summed E-state index contributed by atoms with van der Waals surface area (Å²) >= 11 is 0. The average molecular weight is 510 g/mol. The lowest BCUT2D eigenvalue weighted by Crippen LogP contribution is -2.44. The van der Waals surface area contributed by atoms with Crippen molar-refractivity contribution in [2.75, 3.05) is 44.2 Å². The Kier molecular flexibility index (Phi) is 7.60. The minimum atomic E-state index is -4.44. The van der Waals surface area contributed by atoms with E-state index in [0.717, 1.165) is 31.1 Å². The first kappa shape index (κ1) is 26.8. The minimum absolute atomic E-state index is 0.0120. The van der Waals surface area contributed by atoms with Crippen LogP contribution in [0.1, 0.15) is 69.9 Å². The molecule has 1 amide bonds. The fourth-order valence-corrected chi connectivity index (χ4v) is 5.95. The van der Waals surface area contributed by atoms with E-state index in [2.05, 4.69) is 25.7 Å². The normalized spacial score (nSPS) is 23.3. The smallest absolute Gasteiger partial charge is 0.416 e. The van der Waals surface area contributed by atoms with Crippen molar-refractivity contribution in [3.05, 3.63) is 29.3 Å². The predicted octanol–water partition coefficient (Wildman–Crippen LogP) is 4.83. The molecule has 6 nitrogen and oxygen atoms in total. The van der Waals surface area contributed by atoms with Crippen molar-refractivity contribution in [2.45, 2.75) is 70.5 Å². The standard InChI is InChI=1S/C27H38F3N3O3/c1-26(2,3)33-15-10-20(17-33)24(34)32-13-6-18(7-14-32)22-5-4-21(27(28,29)30)16-23(22)31-11-8-19(9-12-31)25(35)36/h4-5,16,18-20H,6-15,17H2,1-3H3,(H,35,36)/t20-/m0/s1. The summed E-state index contributed by atoms with van der Waals surface area (Å²) in [5.41, 5.74) is 0.803. The van der Waals surface area contributed by atoms with E-state index in [4.69, 9.17) is 0 Å². The number of carboxylic acid groups (broad SMARTS) is 1. The number of carbonyl (C=O) groups is 2. The molecule has 0 bridgehead atoms. The lowest BCUT2D eigenvalue weighted by molar-refractivity contribution is -0.142. The molecule has 9 heteroatoms. The quantitative estimate of drug-likeness (QED) is 0.630. The Morgan fingerprint density at radius 2 is 1.50 bits per heavy atom. The van der Waals surface area contributed by atoms with Crippen LogP contribution >= 0.6 is 0 Å². The van der Waals surface area contributed by atoms with Crippen LogP contribution in [0.2, 0.25) is 0 Å². The van der Waals surface area contributed by atoms with Gasteiger partial charge in [-0.15, -0.1) is 0 Å². The maximum atomic E-state index is 13.5. The molecule has 3 aliphatic rings. The van der Waals surface area contributed by atoms with Crippen molar-refractivity contribution in [1.82, 2.24) is 9.80 Å². The number of hydrogen-bond donors (Lipinski definition) is 1. The molecule has 3 saturated heterocycles. The molecule has 36 heavy (non-hydrogen) atoms. The zero-order chi connectivity index (χ0) is 26.3. The summed E-state index contributed by atoms with van der Waals surface area (Å²) in [5.74, 6) is -1.02. The molecule has 0 aromatic heterocycles. The van der Waals surface area contributed by atoms with Crippen LogP contribution in [0, 0.1) is 11.8 Å². The van der Waals surface area contributed by atoms with Gasteiger partial charge in [-0.1, -0.05) is 6.07 Å². The summed E-state index contributed by atoms with van der Waals surface area (Å²) < 4.78 is 40.6. The highest BCUT2D eigenvalue weighted by atomic mass is 19.4. The van der Waals surface area contributed by atoms with E-state index in [1.807, 2.05) is 9.80 Å². The van der Waals surface area contributed by atoms with Gasteiger partial charge in [0.1, 0.15) is 0 Å². The Hall–Kier alpha value is -2.29. The number of rotatable bonds is 4. The molecular formula is C27H38F3N3O3. The predicted molar refractivity (Wildman–Crippen MR) is 132 cm³/mol. The van der Waals surface area contributed by atoms with Crippen LogP contribution in [-0.4, -0.2) is 71.6 Å². The molecule has 0 saturated carbocycles. The summed E-state index contributed by atoms with van der Waals surface area (Å²) in [6.45, 7) is 10.3. The van der Waals surface area contributed by atoms with E-state index >= 15 is 0 Å². The Morgan fingerprint density at radius 1 is 0.889 bits per heavy atom. The largest absolute Gasteiger partial charge is 0.481 e. The fraction of sp³-hybridized carbons (Fsp3) is 0.704. The number of benzene rings is 1. The van der Waals surface area contributed by atoms with E-state index in [0.29, 0.717) is 57.5 Å². The summed E-state index contributed by atoms with van der Waals surface area (Å²) in [6.07, 6.45) is -1.30. The number of alkyl halides is 3. The van der Waals surface area contributed by atoms with Crippen LogP contribution in [0.5, 0.6) is 0 Å².